The zero-order valence-corrected chi connectivity index (χ0v) is 22.9. The summed E-state index contributed by atoms with van der Waals surface area (Å²) in [4.78, 5) is 23.9. The van der Waals surface area contributed by atoms with Crippen LogP contribution in [0.25, 0.3) is 10.9 Å². The van der Waals surface area contributed by atoms with E-state index in [-0.39, 0.29) is 37.0 Å². The number of anilines is 1. The lowest BCUT2D eigenvalue weighted by Crippen LogP contribution is -2.17. The number of nitrogens with zero attached hydrogens (tertiary/aromatic N) is 1. The summed E-state index contributed by atoms with van der Waals surface area (Å²) in [7, 11) is 1.51. The summed E-state index contributed by atoms with van der Waals surface area (Å²) in [5, 5.41) is 29.9. The van der Waals surface area contributed by atoms with Crippen LogP contribution in [0.3, 0.4) is 0 Å². The first-order valence-corrected chi connectivity index (χ1v) is 12.7. The predicted molar refractivity (Wildman–Crippen MR) is 146 cm³/mol. The number of aromatic nitrogens is 1. The van der Waals surface area contributed by atoms with Gasteiger partial charge in [0.1, 0.15) is 17.0 Å². The number of ether oxygens (including phenoxy) is 2. The third kappa shape index (κ3) is 9.80. The van der Waals surface area contributed by atoms with Gasteiger partial charge >= 0.3 is 18.1 Å². The van der Waals surface area contributed by atoms with Crippen LogP contribution < -0.4 is 20.5 Å². The molecule has 0 spiro atoms. The Kier molecular flexibility index (Phi) is 12.2. The van der Waals surface area contributed by atoms with E-state index in [1.165, 1.54) is 19.2 Å². The summed E-state index contributed by atoms with van der Waals surface area (Å²) in [6.45, 7) is 4.04. The first-order chi connectivity index (χ1) is 19.3. The number of carboxylic acids is 2. The summed E-state index contributed by atoms with van der Waals surface area (Å²) in [6.07, 6.45) is -3.42. The molecule has 1 aromatic heterocycles. The number of methoxy groups -OCH3 is 1. The Hall–Kier alpha value is -4.10. The number of aryl methyl sites for hydroxylation is 1. The van der Waals surface area contributed by atoms with E-state index in [0.717, 1.165) is 30.5 Å². The molecule has 0 saturated carbocycles. The van der Waals surface area contributed by atoms with Crippen molar-refractivity contribution in [1.29, 1.82) is 0 Å². The number of aliphatic hydroxyl groups excluding tert-OH is 1. The number of nitrogens with one attached hydrogen (secondary N) is 1. The molecular formula is C28H34F3N3O7. The molecule has 41 heavy (non-hydrogen) atoms. The molecule has 224 valence electrons. The quantitative estimate of drug-likeness (QED) is 0.189. The van der Waals surface area contributed by atoms with Crippen LogP contribution in [0.2, 0.25) is 0 Å². The van der Waals surface area contributed by atoms with Crippen LogP contribution in [0.5, 0.6) is 17.4 Å². The number of alkyl halides is 3. The van der Waals surface area contributed by atoms with Gasteiger partial charge in [0.25, 0.3) is 0 Å². The molecule has 10 nitrogen and oxygen atoms in total. The van der Waals surface area contributed by atoms with E-state index < -0.39 is 23.7 Å². The Morgan fingerprint density at radius 1 is 1.12 bits per heavy atom. The Balaban J connectivity index is 0.000000642. The van der Waals surface area contributed by atoms with Crippen molar-refractivity contribution in [3.05, 3.63) is 53.1 Å². The van der Waals surface area contributed by atoms with Crippen LogP contribution in [-0.4, -0.2) is 51.9 Å². The lowest BCUT2D eigenvalue weighted by molar-refractivity contribution is -0.143. The molecule has 1 unspecified atom stereocenters. The zero-order chi connectivity index (χ0) is 30.7. The Labute approximate surface area is 234 Å². The van der Waals surface area contributed by atoms with Gasteiger partial charge in [-0.3, -0.25) is 9.59 Å². The van der Waals surface area contributed by atoms with E-state index in [0.29, 0.717) is 34.6 Å². The van der Waals surface area contributed by atoms with E-state index in [1.54, 1.807) is 12.1 Å². The van der Waals surface area contributed by atoms with E-state index in [2.05, 4.69) is 10.3 Å². The zero-order valence-electron chi connectivity index (χ0n) is 22.9. The fraction of sp³-hybridized carbons (Fsp3) is 0.393. The molecule has 13 heteroatoms. The van der Waals surface area contributed by atoms with Crippen LogP contribution in [0, 0.1) is 6.92 Å². The molecule has 0 fully saturated rings. The molecule has 0 radical (unpaired) electrons. The number of pyridine rings is 1. The molecule has 1 heterocycles. The summed E-state index contributed by atoms with van der Waals surface area (Å²) < 4.78 is 50.8. The van der Waals surface area contributed by atoms with Gasteiger partial charge in [0.15, 0.2) is 0 Å². The SMILES string of the molecule is COc1cc(C)c2c(Oc3cccc(C(F)(F)F)c3)c(CO)cc(NC(C)CCCN)c2n1.O=C(O)CCC(=O)O. The minimum atomic E-state index is -4.50. The largest absolute Gasteiger partial charge is 0.481 e. The van der Waals surface area contributed by atoms with E-state index in [1.807, 2.05) is 13.8 Å². The fourth-order valence-corrected chi connectivity index (χ4v) is 3.87. The maximum atomic E-state index is 13.2. The van der Waals surface area contributed by atoms with E-state index in [9.17, 15) is 27.9 Å². The van der Waals surface area contributed by atoms with Crippen molar-refractivity contribution < 1.29 is 47.6 Å². The lowest BCUT2D eigenvalue weighted by Gasteiger charge is -2.21. The maximum Gasteiger partial charge on any atom is 0.416 e. The van der Waals surface area contributed by atoms with E-state index >= 15 is 0 Å². The maximum absolute atomic E-state index is 13.2. The molecule has 0 saturated heterocycles. The number of hydrogen-bond donors (Lipinski definition) is 5. The third-order valence-corrected chi connectivity index (χ3v) is 5.84. The van der Waals surface area contributed by atoms with Gasteiger partial charge < -0.3 is 35.8 Å². The van der Waals surface area contributed by atoms with Gasteiger partial charge in [0, 0.05) is 23.1 Å². The summed E-state index contributed by atoms with van der Waals surface area (Å²) in [5.41, 5.74) is 7.16. The first-order valence-electron chi connectivity index (χ1n) is 12.7. The normalized spacial score (nSPS) is 11.8. The van der Waals surface area contributed by atoms with Crippen molar-refractivity contribution in [2.75, 3.05) is 19.0 Å². The number of aliphatic carboxylic acids is 2. The van der Waals surface area contributed by atoms with Crippen molar-refractivity contribution in [3.63, 3.8) is 0 Å². The van der Waals surface area contributed by atoms with Gasteiger partial charge in [-0.05, 0) is 63.1 Å². The molecule has 2 aromatic carbocycles. The molecular weight excluding hydrogens is 547 g/mol. The van der Waals surface area contributed by atoms with Crippen LogP contribution in [0.1, 0.15) is 49.3 Å². The van der Waals surface area contributed by atoms with Gasteiger partial charge in [-0.1, -0.05) is 6.07 Å². The number of nitrogens with two attached hydrogens (primary N) is 1. The molecule has 0 bridgehead atoms. The second-order valence-electron chi connectivity index (χ2n) is 9.17. The molecule has 3 rings (SSSR count). The second kappa shape index (κ2) is 15.1. The van der Waals surface area contributed by atoms with Gasteiger partial charge in [0.05, 0.1) is 37.8 Å². The lowest BCUT2D eigenvalue weighted by atomic mass is 10.0. The van der Waals surface area contributed by atoms with Gasteiger partial charge in [-0.15, -0.1) is 0 Å². The molecule has 6 N–H and O–H groups in total. The molecule has 0 aliphatic heterocycles. The number of benzene rings is 2. The van der Waals surface area contributed by atoms with Crippen molar-refractivity contribution in [3.8, 4) is 17.4 Å². The number of aliphatic hydroxyl groups is 1. The number of carbonyl (C=O) groups is 2. The Morgan fingerprint density at radius 3 is 2.32 bits per heavy atom. The van der Waals surface area contributed by atoms with Crippen LogP contribution in [0.4, 0.5) is 18.9 Å². The predicted octanol–water partition coefficient (Wildman–Crippen LogP) is 5.33. The standard InChI is InChI=1S/C24H28F3N3O3.C4H6O4/c1-14-10-20(32-3)30-22-19(29-15(2)6-5-9-28)11-16(13-31)23(21(14)22)33-18-8-4-7-17(12-18)24(25,26)27;5-3(6)1-2-4(7)8/h4,7-8,10-12,15,29,31H,5-6,9,13,28H2,1-3H3;1-2H2,(H,5,6)(H,7,8). The number of fused-ring (bicyclic) bond motifs is 1. The Morgan fingerprint density at radius 2 is 1.78 bits per heavy atom. The highest BCUT2D eigenvalue weighted by atomic mass is 19.4. The first kappa shape index (κ1) is 33.1. The van der Waals surface area contributed by atoms with Gasteiger partial charge in [-0.2, -0.15) is 13.2 Å². The topological polar surface area (TPSA) is 164 Å². The number of rotatable bonds is 12. The highest BCUT2D eigenvalue weighted by Crippen LogP contribution is 2.41. The fourth-order valence-electron chi connectivity index (χ4n) is 3.87. The summed E-state index contributed by atoms with van der Waals surface area (Å²) in [5.74, 6) is -1.51. The highest BCUT2D eigenvalue weighted by Gasteiger charge is 2.31. The highest BCUT2D eigenvalue weighted by molar-refractivity contribution is 5.99. The minimum absolute atomic E-state index is 0.00747. The molecule has 0 aliphatic carbocycles. The minimum Gasteiger partial charge on any atom is -0.481 e. The van der Waals surface area contributed by atoms with Gasteiger partial charge in [0.2, 0.25) is 5.88 Å². The van der Waals surface area contributed by atoms with Crippen LogP contribution in [0.15, 0.2) is 36.4 Å². The molecule has 1 atom stereocenters. The number of carboxylic acid groups (broad SMARTS) is 2. The average Bonchev–Trinajstić information content (AvgIpc) is 2.91. The van der Waals surface area contributed by atoms with Crippen molar-refractivity contribution in [2.45, 2.75) is 58.4 Å². The van der Waals surface area contributed by atoms with Crippen LogP contribution in [-0.2, 0) is 22.4 Å². The summed E-state index contributed by atoms with van der Waals surface area (Å²) in [6, 6.07) is 8.12. The van der Waals surface area contributed by atoms with Crippen molar-refractivity contribution in [2.24, 2.45) is 5.73 Å². The van der Waals surface area contributed by atoms with Crippen molar-refractivity contribution >= 4 is 28.5 Å². The molecule has 0 amide bonds. The third-order valence-electron chi connectivity index (χ3n) is 5.84. The van der Waals surface area contributed by atoms with Gasteiger partial charge in [-0.25, -0.2) is 4.98 Å². The van der Waals surface area contributed by atoms with Crippen molar-refractivity contribution in [1.82, 2.24) is 4.98 Å². The van der Waals surface area contributed by atoms with E-state index in [4.69, 9.17) is 25.4 Å². The molecule has 3 aromatic rings. The monoisotopic (exact) mass is 581 g/mol. The average molecular weight is 582 g/mol. The number of hydrogen-bond acceptors (Lipinski definition) is 8. The smallest absolute Gasteiger partial charge is 0.416 e. The molecule has 0 aliphatic rings. The number of halogens is 3. The van der Waals surface area contributed by atoms with Crippen LogP contribution >= 0.6 is 0 Å². The summed E-state index contributed by atoms with van der Waals surface area (Å²) >= 11 is 0. The second-order valence-corrected chi connectivity index (χ2v) is 9.17. The Bertz CT molecular complexity index is 1340.